The van der Waals surface area contributed by atoms with E-state index in [0.29, 0.717) is 0 Å². The van der Waals surface area contributed by atoms with E-state index in [9.17, 15) is 18.9 Å². The summed E-state index contributed by atoms with van der Waals surface area (Å²) in [4.78, 5) is 34.2. The number of carbonyl (C=O) groups is 3. The number of hydrogen-bond acceptors (Lipinski definition) is 8. The van der Waals surface area contributed by atoms with Crippen LogP contribution < -0.4 is 10.6 Å². The van der Waals surface area contributed by atoms with Gasteiger partial charge in [0.1, 0.15) is 0 Å². The maximum Gasteiger partial charge on any atom is 0.475 e. The summed E-state index contributed by atoms with van der Waals surface area (Å²) in [6.07, 6.45) is -1.07. The molecule has 2 amide bonds. The average Bonchev–Trinajstić information content (AvgIpc) is 2.54. The van der Waals surface area contributed by atoms with Crippen molar-refractivity contribution in [2.24, 2.45) is 5.41 Å². The SMILES string of the molecule is COC(=O)CCNC(=O)[C@@H]1O[P@@](=O)(OCCNC(C)=O)OCC1(C)C. The molecule has 1 aliphatic rings. The molecule has 0 unspecified atom stereocenters. The van der Waals surface area contributed by atoms with Gasteiger partial charge in [-0.2, -0.15) is 0 Å². The van der Waals surface area contributed by atoms with Gasteiger partial charge in [0.25, 0.3) is 0 Å². The Morgan fingerprint density at radius 2 is 1.92 bits per heavy atom. The van der Waals surface area contributed by atoms with Gasteiger partial charge >= 0.3 is 13.8 Å². The van der Waals surface area contributed by atoms with Gasteiger partial charge in [0.05, 0.1) is 26.7 Å². The second-order valence-electron chi connectivity index (χ2n) is 6.13. The molecule has 0 aromatic heterocycles. The van der Waals surface area contributed by atoms with E-state index in [4.69, 9.17) is 13.6 Å². The van der Waals surface area contributed by atoms with Crippen molar-refractivity contribution in [3.63, 3.8) is 0 Å². The molecule has 0 aromatic rings. The summed E-state index contributed by atoms with van der Waals surface area (Å²) < 4.78 is 32.5. The zero-order valence-electron chi connectivity index (χ0n) is 14.8. The van der Waals surface area contributed by atoms with Crippen LogP contribution in [0.2, 0.25) is 0 Å². The number of hydrogen-bond donors (Lipinski definition) is 2. The molecular formula is C14H25N2O8P. The molecule has 0 radical (unpaired) electrons. The highest BCUT2D eigenvalue weighted by molar-refractivity contribution is 7.48. The molecule has 1 saturated heterocycles. The predicted octanol–water partition coefficient (Wildman–Crippen LogP) is 0.368. The quantitative estimate of drug-likeness (QED) is 0.351. The Bertz CT molecular complexity index is 551. The van der Waals surface area contributed by atoms with Gasteiger partial charge in [-0.3, -0.25) is 28.0 Å². The van der Waals surface area contributed by atoms with Crippen LogP contribution >= 0.6 is 7.82 Å². The highest BCUT2D eigenvalue weighted by Gasteiger charge is 2.48. The summed E-state index contributed by atoms with van der Waals surface area (Å²) in [6.45, 7) is 4.87. The smallest absolute Gasteiger partial charge is 0.469 e. The molecule has 1 fully saturated rings. The summed E-state index contributed by atoms with van der Waals surface area (Å²) in [7, 11) is -2.67. The highest BCUT2D eigenvalue weighted by atomic mass is 31.2. The van der Waals surface area contributed by atoms with Crippen molar-refractivity contribution in [2.45, 2.75) is 33.3 Å². The maximum atomic E-state index is 12.5. The molecule has 0 bridgehead atoms. The van der Waals surface area contributed by atoms with Gasteiger partial charge in [-0.15, -0.1) is 0 Å². The van der Waals surface area contributed by atoms with Gasteiger partial charge in [-0.1, -0.05) is 13.8 Å². The number of phosphoric ester groups is 1. The van der Waals surface area contributed by atoms with Crippen LogP contribution in [0.4, 0.5) is 0 Å². The number of rotatable bonds is 8. The van der Waals surface area contributed by atoms with Crippen molar-refractivity contribution in [3.8, 4) is 0 Å². The minimum Gasteiger partial charge on any atom is -0.469 e. The topological polar surface area (TPSA) is 129 Å². The highest BCUT2D eigenvalue weighted by Crippen LogP contribution is 2.57. The molecule has 10 nitrogen and oxygen atoms in total. The van der Waals surface area contributed by atoms with Gasteiger partial charge in [0, 0.05) is 25.4 Å². The largest absolute Gasteiger partial charge is 0.475 e. The van der Waals surface area contributed by atoms with E-state index in [1.807, 2.05) is 0 Å². The summed E-state index contributed by atoms with van der Waals surface area (Å²) in [5.41, 5.74) is -0.746. The average molecular weight is 380 g/mol. The lowest BCUT2D eigenvalue weighted by Gasteiger charge is -2.39. The summed E-state index contributed by atoms with van der Waals surface area (Å²) >= 11 is 0. The molecular weight excluding hydrogens is 355 g/mol. The molecule has 11 heteroatoms. The fraction of sp³-hybridized carbons (Fsp3) is 0.786. The molecule has 0 aliphatic carbocycles. The lowest BCUT2D eigenvalue weighted by molar-refractivity contribution is -0.143. The zero-order valence-corrected chi connectivity index (χ0v) is 15.7. The number of ether oxygens (including phenoxy) is 1. The van der Waals surface area contributed by atoms with Gasteiger partial charge in [-0.25, -0.2) is 4.57 Å². The van der Waals surface area contributed by atoms with Crippen LogP contribution in [0.3, 0.4) is 0 Å². The number of carbonyl (C=O) groups excluding carboxylic acids is 3. The van der Waals surface area contributed by atoms with Crippen molar-refractivity contribution >= 4 is 25.6 Å². The molecule has 1 aliphatic heterocycles. The lowest BCUT2D eigenvalue weighted by atomic mass is 9.87. The van der Waals surface area contributed by atoms with Crippen LogP contribution in [-0.2, 0) is 37.3 Å². The minimum atomic E-state index is -3.92. The first kappa shape index (κ1) is 21.6. The number of esters is 1. The third-order valence-electron chi connectivity index (χ3n) is 3.36. The monoisotopic (exact) mass is 380 g/mol. The molecule has 0 saturated carbocycles. The molecule has 1 heterocycles. The fourth-order valence-corrected chi connectivity index (χ4v) is 3.60. The van der Waals surface area contributed by atoms with E-state index in [-0.39, 0.29) is 38.6 Å². The van der Waals surface area contributed by atoms with E-state index in [1.165, 1.54) is 14.0 Å². The molecule has 0 spiro atoms. The van der Waals surface area contributed by atoms with Crippen molar-refractivity contribution in [1.82, 2.24) is 10.6 Å². The summed E-state index contributed by atoms with van der Waals surface area (Å²) in [5, 5.41) is 5.02. The Morgan fingerprint density at radius 3 is 2.52 bits per heavy atom. The minimum absolute atomic E-state index is 0.0107. The first-order valence-corrected chi connectivity index (χ1v) is 9.22. The normalized spacial score (nSPS) is 25.0. The number of nitrogens with one attached hydrogen (secondary N) is 2. The van der Waals surface area contributed by atoms with Crippen LogP contribution in [0.15, 0.2) is 0 Å². The molecule has 1 rings (SSSR count). The number of phosphoric acid groups is 1. The van der Waals surface area contributed by atoms with Crippen molar-refractivity contribution in [1.29, 1.82) is 0 Å². The third kappa shape index (κ3) is 7.11. The van der Waals surface area contributed by atoms with E-state index in [2.05, 4.69) is 15.4 Å². The molecule has 0 aromatic carbocycles. The predicted molar refractivity (Wildman–Crippen MR) is 86.5 cm³/mol. The van der Waals surface area contributed by atoms with Crippen LogP contribution in [0, 0.1) is 5.41 Å². The van der Waals surface area contributed by atoms with Crippen LogP contribution in [0.1, 0.15) is 27.2 Å². The third-order valence-corrected chi connectivity index (χ3v) is 4.77. The lowest BCUT2D eigenvalue weighted by Crippen LogP contribution is -2.50. The van der Waals surface area contributed by atoms with E-state index in [0.717, 1.165) is 0 Å². The van der Waals surface area contributed by atoms with Crippen LogP contribution in [-0.4, -0.2) is 57.3 Å². The second-order valence-corrected chi connectivity index (χ2v) is 7.75. The number of methoxy groups -OCH3 is 1. The molecule has 144 valence electrons. The Labute approximate surface area is 146 Å². The molecule has 2 atom stereocenters. The Hall–Kier alpha value is -1.48. The van der Waals surface area contributed by atoms with Gasteiger partial charge in [0.2, 0.25) is 11.8 Å². The molecule has 25 heavy (non-hydrogen) atoms. The van der Waals surface area contributed by atoms with Crippen LogP contribution in [0.25, 0.3) is 0 Å². The van der Waals surface area contributed by atoms with Gasteiger partial charge in [-0.05, 0) is 0 Å². The molecule has 2 N–H and O–H groups in total. The van der Waals surface area contributed by atoms with Crippen LogP contribution in [0.5, 0.6) is 0 Å². The van der Waals surface area contributed by atoms with Crippen molar-refractivity contribution in [2.75, 3.05) is 33.4 Å². The second kappa shape index (κ2) is 9.28. The summed E-state index contributed by atoms with van der Waals surface area (Å²) in [6, 6.07) is 0. The standard InChI is InChI=1S/C14H25N2O8P/c1-10(17)15-7-8-22-25(20)23-9-14(2,3)12(24-25)13(19)16-6-5-11(18)21-4/h12H,5-9H2,1-4H3,(H,15,17)(H,16,19)/t12-,25-/m0/s1. The summed E-state index contributed by atoms with van der Waals surface area (Å²) in [5.74, 6) is -1.24. The van der Waals surface area contributed by atoms with Crippen molar-refractivity contribution < 1.29 is 37.3 Å². The van der Waals surface area contributed by atoms with Gasteiger partial charge < -0.3 is 15.4 Å². The van der Waals surface area contributed by atoms with E-state index in [1.54, 1.807) is 13.8 Å². The van der Waals surface area contributed by atoms with E-state index < -0.39 is 31.2 Å². The van der Waals surface area contributed by atoms with E-state index >= 15 is 0 Å². The fourth-order valence-electron chi connectivity index (χ4n) is 1.96. The maximum absolute atomic E-state index is 12.5. The Kier molecular flexibility index (Phi) is 8.01. The first-order valence-electron chi connectivity index (χ1n) is 7.76. The van der Waals surface area contributed by atoms with Gasteiger partial charge in [0.15, 0.2) is 6.10 Å². The zero-order chi connectivity index (χ0) is 19.1. The number of amides is 2. The van der Waals surface area contributed by atoms with Crippen molar-refractivity contribution in [3.05, 3.63) is 0 Å². The first-order chi connectivity index (χ1) is 11.6. The Balaban J connectivity index is 2.60. The Morgan fingerprint density at radius 1 is 1.24 bits per heavy atom.